The van der Waals surface area contributed by atoms with Crippen LogP contribution in [0.1, 0.15) is 18.9 Å². The Morgan fingerprint density at radius 3 is 2.78 bits per heavy atom. The first-order valence-electron chi connectivity index (χ1n) is 9.05. The monoisotopic (exact) mass is 364 g/mol. The molecule has 6 nitrogen and oxygen atoms in total. The minimum atomic E-state index is -0.137. The number of para-hydroxylation sites is 1. The molecule has 27 heavy (non-hydrogen) atoms. The van der Waals surface area contributed by atoms with E-state index in [1.54, 1.807) is 6.07 Å². The van der Waals surface area contributed by atoms with Crippen LogP contribution in [-0.4, -0.2) is 29.1 Å². The van der Waals surface area contributed by atoms with Crippen LogP contribution < -0.4 is 15.8 Å². The molecule has 1 aromatic heterocycles. The van der Waals surface area contributed by atoms with Crippen LogP contribution in [0.25, 0.3) is 10.9 Å². The zero-order valence-corrected chi connectivity index (χ0v) is 15.9. The molecule has 0 saturated carbocycles. The average Bonchev–Trinajstić information content (AvgIpc) is 2.67. The number of aryl methyl sites for hydroxylation is 2. The fourth-order valence-electron chi connectivity index (χ4n) is 2.95. The predicted octanol–water partition coefficient (Wildman–Crippen LogP) is 3.19. The molecule has 0 aliphatic carbocycles. The smallest absolute Gasteiger partial charge is 0.261 e. The van der Waals surface area contributed by atoms with Gasteiger partial charge in [-0.15, -0.1) is 0 Å². The normalized spacial score (nSPS) is 10.8. The molecule has 3 aromatic rings. The quantitative estimate of drug-likeness (QED) is 0.729. The first kappa shape index (κ1) is 18.6. The molecule has 0 unspecified atom stereocenters. The van der Waals surface area contributed by atoms with Crippen LogP contribution in [0.2, 0.25) is 0 Å². The second kappa shape index (κ2) is 8.03. The summed E-state index contributed by atoms with van der Waals surface area (Å²) in [4.78, 5) is 31.4. The van der Waals surface area contributed by atoms with Crippen molar-refractivity contribution in [2.75, 3.05) is 23.8 Å². The van der Waals surface area contributed by atoms with Gasteiger partial charge >= 0.3 is 0 Å². The first-order valence-corrected chi connectivity index (χ1v) is 9.05. The second-order valence-corrected chi connectivity index (χ2v) is 6.58. The summed E-state index contributed by atoms with van der Waals surface area (Å²) >= 11 is 0. The van der Waals surface area contributed by atoms with E-state index < -0.39 is 0 Å². The van der Waals surface area contributed by atoms with Gasteiger partial charge < -0.3 is 10.2 Å². The minimum Gasteiger partial charge on any atom is -0.375 e. The molecule has 0 aliphatic heterocycles. The maximum absolute atomic E-state index is 12.6. The van der Waals surface area contributed by atoms with Gasteiger partial charge in [-0.1, -0.05) is 18.2 Å². The van der Waals surface area contributed by atoms with Gasteiger partial charge in [0.1, 0.15) is 0 Å². The van der Waals surface area contributed by atoms with Crippen LogP contribution in [0, 0.1) is 6.92 Å². The van der Waals surface area contributed by atoms with Crippen LogP contribution >= 0.6 is 0 Å². The van der Waals surface area contributed by atoms with Crippen molar-refractivity contribution in [3.05, 3.63) is 64.7 Å². The number of benzene rings is 2. The topological polar surface area (TPSA) is 67.2 Å². The number of carbonyl (C=O) groups excluding carboxylic acids is 1. The highest BCUT2D eigenvalue weighted by atomic mass is 16.1. The molecule has 1 N–H and O–H groups in total. The van der Waals surface area contributed by atoms with E-state index in [9.17, 15) is 9.59 Å². The van der Waals surface area contributed by atoms with Crippen LogP contribution in [0.3, 0.4) is 0 Å². The Bertz CT molecular complexity index is 1030. The Morgan fingerprint density at radius 2 is 2.00 bits per heavy atom. The summed E-state index contributed by atoms with van der Waals surface area (Å²) in [6.07, 6.45) is 1.72. The molecular weight excluding hydrogens is 340 g/mol. The highest BCUT2D eigenvalue weighted by Crippen LogP contribution is 2.18. The van der Waals surface area contributed by atoms with E-state index in [1.165, 1.54) is 10.9 Å². The van der Waals surface area contributed by atoms with Gasteiger partial charge in [0.2, 0.25) is 5.91 Å². The third-order valence-corrected chi connectivity index (χ3v) is 4.68. The average molecular weight is 364 g/mol. The second-order valence-electron chi connectivity index (χ2n) is 6.58. The van der Waals surface area contributed by atoms with Gasteiger partial charge in [0, 0.05) is 37.9 Å². The number of anilines is 2. The number of nitrogens with zero attached hydrogens (tertiary/aromatic N) is 3. The number of hydrogen-bond acceptors (Lipinski definition) is 4. The molecule has 0 spiro atoms. The number of rotatable bonds is 6. The van der Waals surface area contributed by atoms with Gasteiger partial charge in [-0.05, 0) is 43.7 Å². The highest BCUT2D eigenvalue weighted by molar-refractivity contribution is 5.91. The molecule has 0 fully saturated rings. The zero-order chi connectivity index (χ0) is 19.4. The number of hydrogen-bond donors (Lipinski definition) is 1. The van der Waals surface area contributed by atoms with Crippen molar-refractivity contribution in [1.82, 2.24) is 9.55 Å². The molecule has 0 bridgehead atoms. The summed E-state index contributed by atoms with van der Waals surface area (Å²) < 4.78 is 1.49. The Balaban J connectivity index is 1.69. The highest BCUT2D eigenvalue weighted by Gasteiger charge is 2.09. The van der Waals surface area contributed by atoms with E-state index in [1.807, 2.05) is 50.4 Å². The predicted molar refractivity (Wildman–Crippen MR) is 109 cm³/mol. The van der Waals surface area contributed by atoms with Crippen molar-refractivity contribution >= 4 is 28.2 Å². The molecule has 6 heteroatoms. The standard InChI is InChI=1S/C21H24N4O2/c1-4-24(3)17-9-6-8-16(13-17)23-19(26)11-12-25-14-22-20-15(2)7-5-10-18(20)21(25)27/h5-10,13-14H,4,11-12H2,1-3H3,(H,23,26). The molecule has 1 amide bonds. The SMILES string of the molecule is CCN(C)c1cccc(NC(=O)CCn2cnc3c(C)cccc3c2=O)c1. The Kier molecular flexibility index (Phi) is 5.54. The van der Waals surface area contributed by atoms with Crippen molar-refractivity contribution in [3.8, 4) is 0 Å². The van der Waals surface area contributed by atoms with Crippen molar-refractivity contribution in [3.63, 3.8) is 0 Å². The number of fused-ring (bicyclic) bond motifs is 1. The maximum Gasteiger partial charge on any atom is 0.261 e. The summed E-state index contributed by atoms with van der Waals surface area (Å²) in [5.41, 5.74) is 3.34. The molecule has 0 radical (unpaired) electrons. The van der Waals surface area contributed by atoms with Gasteiger partial charge in [-0.3, -0.25) is 14.2 Å². The first-order chi connectivity index (χ1) is 13.0. The summed E-state index contributed by atoms with van der Waals surface area (Å²) in [7, 11) is 2.00. The number of aromatic nitrogens is 2. The van der Waals surface area contributed by atoms with E-state index in [0.717, 1.165) is 23.5 Å². The molecule has 3 rings (SSSR count). The van der Waals surface area contributed by atoms with Crippen LogP contribution in [-0.2, 0) is 11.3 Å². The van der Waals surface area contributed by atoms with E-state index in [2.05, 4.69) is 22.1 Å². The Hall–Kier alpha value is -3.15. The molecule has 0 atom stereocenters. The van der Waals surface area contributed by atoms with Crippen LogP contribution in [0.4, 0.5) is 11.4 Å². The fraction of sp³-hybridized carbons (Fsp3) is 0.286. The van der Waals surface area contributed by atoms with Crippen molar-refractivity contribution in [2.45, 2.75) is 26.8 Å². The Morgan fingerprint density at radius 1 is 1.22 bits per heavy atom. The lowest BCUT2D eigenvalue weighted by Gasteiger charge is -2.17. The molecular formula is C21H24N4O2. The molecule has 140 valence electrons. The van der Waals surface area contributed by atoms with Crippen LogP contribution in [0.5, 0.6) is 0 Å². The van der Waals surface area contributed by atoms with Gasteiger partial charge in [0.15, 0.2) is 0 Å². The van der Waals surface area contributed by atoms with E-state index >= 15 is 0 Å². The fourth-order valence-corrected chi connectivity index (χ4v) is 2.95. The lowest BCUT2D eigenvalue weighted by Crippen LogP contribution is -2.24. The molecule has 0 aliphatic rings. The van der Waals surface area contributed by atoms with Crippen LogP contribution in [0.15, 0.2) is 53.6 Å². The number of carbonyl (C=O) groups is 1. The summed E-state index contributed by atoms with van der Waals surface area (Å²) in [6, 6.07) is 13.3. The zero-order valence-electron chi connectivity index (χ0n) is 15.9. The number of amides is 1. The minimum absolute atomic E-state index is 0.122. The van der Waals surface area contributed by atoms with Gasteiger partial charge in [0.25, 0.3) is 5.56 Å². The molecule has 2 aromatic carbocycles. The third-order valence-electron chi connectivity index (χ3n) is 4.68. The van der Waals surface area contributed by atoms with E-state index in [4.69, 9.17) is 0 Å². The lowest BCUT2D eigenvalue weighted by molar-refractivity contribution is -0.116. The summed E-state index contributed by atoms with van der Waals surface area (Å²) in [5, 5.41) is 3.47. The summed E-state index contributed by atoms with van der Waals surface area (Å²) in [5.74, 6) is -0.137. The summed E-state index contributed by atoms with van der Waals surface area (Å²) in [6.45, 7) is 5.17. The van der Waals surface area contributed by atoms with Crippen molar-refractivity contribution in [1.29, 1.82) is 0 Å². The van der Waals surface area contributed by atoms with E-state index in [-0.39, 0.29) is 24.4 Å². The molecule has 1 heterocycles. The number of nitrogens with one attached hydrogen (secondary N) is 1. The van der Waals surface area contributed by atoms with E-state index in [0.29, 0.717) is 10.9 Å². The Labute approximate surface area is 158 Å². The maximum atomic E-state index is 12.6. The lowest BCUT2D eigenvalue weighted by atomic mass is 10.1. The largest absolute Gasteiger partial charge is 0.375 e. The van der Waals surface area contributed by atoms with Gasteiger partial charge in [0.05, 0.1) is 17.2 Å². The van der Waals surface area contributed by atoms with Crippen molar-refractivity contribution in [2.24, 2.45) is 0 Å². The molecule has 0 saturated heterocycles. The van der Waals surface area contributed by atoms with Crippen molar-refractivity contribution < 1.29 is 4.79 Å². The van der Waals surface area contributed by atoms with Gasteiger partial charge in [-0.25, -0.2) is 4.98 Å². The van der Waals surface area contributed by atoms with Gasteiger partial charge in [-0.2, -0.15) is 0 Å². The third kappa shape index (κ3) is 4.16.